The quantitative estimate of drug-likeness (QED) is 0.134. The molecule has 2 aromatic carbocycles. The zero-order valence-corrected chi connectivity index (χ0v) is 22.0. The van der Waals surface area contributed by atoms with Gasteiger partial charge in [0.2, 0.25) is 0 Å². The number of esters is 2. The first-order valence-electron chi connectivity index (χ1n) is 12.7. The molecule has 4 rings (SSSR count). The van der Waals surface area contributed by atoms with Crippen LogP contribution in [0.25, 0.3) is 0 Å². The molecule has 0 bridgehead atoms. The molecule has 2 aliphatic heterocycles. The maximum Gasteiger partial charge on any atom is 0.342 e. The third kappa shape index (κ3) is 7.07. The number of phenolic OH excluding ortho intramolecular Hbond substituents is 4. The van der Waals surface area contributed by atoms with Gasteiger partial charge in [-0.1, -0.05) is 0 Å². The highest BCUT2D eigenvalue weighted by atomic mass is 16.8. The highest BCUT2D eigenvalue weighted by molar-refractivity contribution is 5.93. The molecule has 0 spiro atoms. The van der Waals surface area contributed by atoms with E-state index in [2.05, 4.69) is 0 Å². The second-order valence-electron chi connectivity index (χ2n) is 9.77. The molecule has 2 aromatic rings. The van der Waals surface area contributed by atoms with Crippen molar-refractivity contribution < 1.29 is 84.3 Å². The molecule has 10 unspecified atom stereocenters. The molecule has 17 nitrogen and oxygen atoms in total. The van der Waals surface area contributed by atoms with Gasteiger partial charge in [0.25, 0.3) is 0 Å². The Labute approximate surface area is 241 Å². The van der Waals surface area contributed by atoms with Crippen LogP contribution >= 0.6 is 0 Å². The SMILES string of the molecule is O=C(OCC1OC(OC2OC(COC(=O)c3ccc(O)cc3O)C(O)C(O)C2O)C(O)C(O)C1O)c1ccc(O)cc1O. The summed E-state index contributed by atoms with van der Waals surface area (Å²) in [4.78, 5) is 24.7. The van der Waals surface area contributed by atoms with E-state index in [1.165, 1.54) is 0 Å². The van der Waals surface area contributed by atoms with Gasteiger partial charge in [0.1, 0.15) is 96.2 Å². The van der Waals surface area contributed by atoms with Crippen molar-refractivity contribution >= 4 is 11.9 Å². The fraction of sp³-hybridized carbons (Fsp3) is 0.462. The number of aliphatic hydroxyl groups is 6. The molecule has 2 fully saturated rings. The van der Waals surface area contributed by atoms with E-state index >= 15 is 0 Å². The Bertz CT molecular complexity index is 1200. The molecule has 2 aliphatic rings. The minimum Gasteiger partial charge on any atom is -0.508 e. The largest absolute Gasteiger partial charge is 0.508 e. The second-order valence-corrected chi connectivity index (χ2v) is 9.77. The van der Waals surface area contributed by atoms with Crippen LogP contribution in [0.1, 0.15) is 20.7 Å². The summed E-state index contributed by atoms with van der Waals surface area (Å²) in [6.07, 6.45) is -18.2. The number of hydrogen-bond donors (Lipinski definition) is 10. The fourth-order valence-corrected chi connectivity index (χ4v) is 4.32. The normalized spacial score (nSPS) is 32.6. The highest BCUT2D eigenvalue weighted by Crippen LogP contribution is 2.30. The van der Waals surface area contributed by atoms with Gasteiger partial charge in [-0.25, -0.2) is 9.59 Å². The molecule has 2 saturated heterocycles. The lowest BCUT2D eigenvalue weighted by atomic mass is 9.98. The summed E-state index contributed by atoms with van der Waals surface area (Å²) in [6, 6.07) is 6.13. The molecule has 43 heavy (non-hydrogen) atoms. The van der Waals surface area contributed by atoms with Crippen molar-refractivity contribution in [1.29, 1.82) is 0 Å². The highest BCUT2D eigenvalue weighted by Gasteiger charge is 2.50. The van der Waals surface area contributed by atoms with Gasteiger partial charge in [-0.2, -0.15) is 0 Å². The third-order valence-corrected chi connectivity index (χ3v) is 6.77. The van der Waals surface area contributed by atoms with Crippen LogP contribution in [0.5, 0.6) is 23.0 Å². The van der Waals surface area contributed by atoms with Crippen molar-refractivity contribution in [2.24, 2.45) is 0 Å². The van der Waals surface area contributed by atoms with E-state index in [0.29, 0.717) is 0 Å². The smallest absolute Gasteiger partial charge is 0.342 e. The van der Waals surface area contributed by atoms with Crippen LogP contribution in [-0.2, 0) is 23.7 Å². The summed E-state index contributed by atoms with van der Waals surface area (Å²) in [6.45, 7) is -1.47. The fourth-order valence-electron chi connectivity index (χ4n) is 4.32. The van der Waals surface area contributed by atoms with Crippen LogP contribution in [0.2, 0.25) is 0 Å². The van der Waals surface area contributed by atoms with Gasteiger partial charge in [-0.05, 0) is 24.3 Å². The minimum absolute atomic E-state index is 0.320. The van der Waals surface area contributed by atoms with Crippen molar-refractivity contribution in [3.05, 3.63) is 47.5 Å². The first-order chi connectivity index (χ1) is 20.3. The number of benzene rings is 2. The Morgan fingerprint density at radius 1 is 0.581 bits per heavy atom. The minimum atomic E-state index is -1.96. The van der Waals surface area contributed by atoms with E-state index in [9.17, 15) is 60.7 Å². The number of aromatic hydroxyl groups is 4. The molecule has 0 aliphatic carbocycles. The predicted octanol–water partition coefficient (Wildman–Crippen LogP) is -2.85. The van der Waals surface area contributed by atoms with Gasteiger partial charge in [0.15, 0.2) is 12.6 Å². The van der Waals surface area contributed by atoms with E-state index in [0.717, 1.165) is 36.4 Å². The molecule has 0 saturated carbocycles. The van der Waals surface area contributed by atoms with Crippen molar-refractivity contribution in [1.82, 2.24) is 0 Å². The average molecular weight is 615 g/mol. The molecular formula is C26H30O17. The van der Waals surface area contributed by atoms with Crippen LogP contribution in [0, 0.1) is 0 Å². The molecule has 0 aromatic heterocycles. The Kier molecular flexibility index (Phi) is 9.90. The molecule has 2 heterocycles. The summed E-state index contributed by atoms with van der Waals surface area (Å²) in [5.74, 6) is -4.02. The van der Waals surface area contributed by atoms with Gasteiger partial charge in [0, 0.05) is 12.1 Å². The Morgan fingerprint density at radius 3 is 1.30 bits per heavy atom. The van der Waals surface area contributed by atoms with Crippen LogP contribution in [0.4, 0.5) is 0 Å². The third-order valence-electron chi connectivity index (χ3n) is 6.77. The summed E-state index contributed by atoms with van der Waals surface area (Å²) in [5, 5.41) is 101. The van der Waals surface area contributed by atoms with E-state index in [1.54, 1.807) is 0 Å². The first kappa shape index (κ1) is 32.1. The van der Waals surface area contributed by atoms with Crippen molar-refractivity contribution in [3.8, 4) is 23.0 Å². The van der Waals surface area contributed by atoms with Gasteiger partial charge in [-0.3, -0.25) is 0 Å². The Hall–Kier alpha value is -3.78. The number of aliphatic hydroxyl groups excluding tert-OH is 6. The molecule has 10 N–H and O–H groups in total. The van der Waals surface area contributed by atoms with Crippen LogP contribution in [0.3, 0.4) is 0 Å². The van der Waals surface area contributed by atoms with Crippen LogP contribution in [-0.4, -0.2) is 138 Å². The summed E-state index contributed by atoms with van der Waals surface area (Å²) in [5.41, 5.74) is -0.676. The lowest BCUT2D eigenvalue weighted by Crippen LogP contribution is -2.64. The molecular weight excluding hydrogens is 584 g/mol. The van der Waals surface area contributed by atoms with E-state index in [1.807, 2.05) is 0 Å². The number of carbonyl (C=O) groups is 2. The molecule has 10 atom stereocenters. The standard InChI is InChI=1S/C26H30O17/c27-9-1-3-11(13(29)5-9)23(37)39-7-15-17(31)19(33)21(35)25(41-15)43-26-22(36)20(34)18(32)16(42-26)8-40-24(38)12-4-2-10(28)6-14(12)30/h1-6,15-22,25-36H,7-8H2. The molecule has 0 amide bonds. The first-order valence-corrected chi connectivity index (χ1v) is 12.7. The van der Waals surface area contributed by atoms with Crippen molar-refractivity contribution in [3.63, 3.8) is 0 Å². The lowest BCUT2D eigenvalue weighted by molar-refractivity contribution is -0.376. The summed E-state index contributed by atoms with van der Waals surface area (Å²) < 4.78 is 26.2. The number of rotatable bonds is 8. The van der Waals surface area contributed by atoms with E-state index < -0.39 is 98.1 Å². The van der Waals surface area contributed by atoms with E-state index in [4.69, 9.17) is 23.7 Å². The lowest BCUT2D eigenvalue weighted by Gasteiger charge is -2.44. The van der Waals surface area contributed by atoms with E-state index in [-0.39, 0.29) is 22.6 Å². The van der Waals surface area contributed by atoms with Gasteiger partial charge >= 0.3 is 11.9 Å². The molecule has 0 radical (unpaired) electrons. The summed E-state index contributed by atoms with van der Waals surface area (Å²) >= 11 is 0. The summed E-state index contributed by atoms with van der Waals surface area (Å²) in [7, 11) is 0. The average Bonchev–Trinajstić information content (AvgIpc) is 2.96. The van der Waals surface area contributed by atoms with Crippen LogP contribution in [0.15, 0.2) is 36.4 Å². The van der Waals surface area contributed by atoms with Gasteiger partial charge in [0.05, 0.1) is 0 Å². The number of hydrogen-bond acceptors (Lipinski definition) is 17. The van der Waals surface area contributed by atoms with Crippen molar-refractivity contribution in [2.75, 3.05) is 13.2 Å². The van der Waals surface area contributed by atoms with Crippen LogP contribution < -0.4 is 0 Å². The number of phenols is 4. The van der Waals surface area contributed by atoms with Crippen molar-refractivity contribution in [2.45, 2.75) is 61.4 Å². The Morgan fingerprint density at radius 2 is 0.953 bits per heavy atom. The number of ether oxygens (including phenoxy) is 5. The maximum atomic E-state index is 12.3. The molecule has 17 heteroatoms. The second kappa shape index (κ2) is 13.2. The zero-order chi connectivity index (χ0) is 31.6. The predicted molar refractivity (Wildman–Crippen MR) is 135 cm³/mol. The van der Waals surface area contributed by atoms with Gasteiger partial charge in [-0.15, -0.1) is 0 Å². The number of carbonyl (C=O) groups excluding carboxylic acids is 2. The molecule has 236 valence electrons. The van der Waals surface area contributed by atoms with Gasteiger partial charge < -0.3 is 74.7 Å². The Balaban J connectivity index is 1.40. The zero-order valence-electron chi connectivity index (χ0n) is 22.0. The topological polar surface area (TPSA) is 283 Å². The monoisotopic (exact) mass is 614 g/mol. The maximum absolute atomic E-state index is 12.3.